The third-order valence-electron chi connectivity index (χ3n) is 9.39. The standard InChI is InChI=1S/C43H31N5/c1-28-29(2)47(33-20-10-5-11-21-33)39-27-37-35-23-12-13-24-38(35)48(40(37)26-36(28)39)34-22-14-19-32(25-34)43-45-41(30-15-6-3-7-16-30)44-42(46-43)31-17-8-4-9-18-31/h3-27H,1-2H3. The van der Waals surface area contributed by atoms with E-state index in [1.165, 1.54) is 44.1 Å². The van der Waals surface area contributed by atoms with E-state index in [0.717, 1.165) is 27.9 Å². The lowest BCUT2D eigenvalue weighted by Crippen LogP contribution is -2.01. The van der Waals surface area contributed by atoms with Crippen LogP contribution in [0.4, 0.5) is 0 Å². The summed E-state index contributed by atoms with van der Waals surface area (Å²) in [4.78, 5) is 14.9. The second-order valence-corrected chi connectivity index (χ2v) is 12.2. The Balaban J connectivity index is 1.26. The topological polar surface area (TPSA) is 48.5 Å². The summed E-state index contributed by atoms with van der Waals surface area (Å²) >= 11 is 0. The molecule has 3 heterocycles. The fourth-order valence-corrected chi connectivity index (χ4v) is 6.94. The highest BCUT2D eigenvalue weighted by atomic mass is 15.0. The maximum Gasteiger partial charge on any atom is 0.164 e. The van der Waals surface area contributed by atoms with Gasteiger partial charge in [-0.05, 0) is 61.9 Å². The zero-order valence-electron chi connectivity index (χ0n) is 26.7. The normalized spacial score (nSPS) is 11.5. The van der Waals surface area contributed by atoms with Gasteiger partial charge in [-0.25, -0.2) is 15.0 Å². The third kappa shape index (κ3) is 4.51. The van der Waals surface area contributed by atoms with Crippen molar-refractivity contribution in [3.63, 3.8) is 0 Å². The number of nitrogens with zero attached hydrogens (tertiary/aromatic N) is 5. The number of para-hydroxylation sites is 2. The molecule has 9 aromatic rings. The molecule has 0 spiro atoms. The highest BCUT2D eigenvalue weighted by Gasteiger charge is 2.19. The van der Waals surface area contributed by atoms with Gasteiger partial charge in [-0.3, -0.25) is 0 Å². The first-order chi connectivity index (χ1) is 23.6. The van der Waals surface area contributed by atoms with Crippen molar-refractivity contribution in [3.05, 3.63) is 163 Å². The Labute approximate surface area is 278 Å². The van der Waals surface area contributed by atoms with Crippen molar-refractivity contribution in [1.29, 1.82) is 0 Å². The van der Waals surface area contributed by atoms with Crippen LogP contribution in [0.1, 0.15) is 11.3 Å². The number of rotatable bonds is 5. The Bertz CT molecular complexity index is 2560. The molecule has 0 radical (unpaired) electrons. The van der Waals surface area contributed by atoms with E-state index in [1.54, 1.807) is 0 Å². The summed E-state index contributed by atoms with van der Waals surface area (Å²) in [5.74, 6) is 1.94. The minimum absolute atomic E-state index is 0.638. The molecule has 6 aromatic carbocycles. The van der Waals surface area contributed by atoms with E-state index < -0.39 is 0 Å². The van der Waals surface area contributed by atoms with Gasteiger partial charge in [0, 0.05) is 49.9 Å². The Kier molecular flexibility index (Phi) is 6.51. The monoisotopic (exact) mass is 617 g/mol. The molecule has 48 heavy (non-hydrogen) atoms. The summed E-state index contributed by atoms with van der Waals surface area (Å²) in [6, 6.07) is 52.8. The van der Waals surface area contributed by atoms with Crippen molar-refractivity contribution in [2.45, 2.75) is 13.8 Å². The molecule has 5 nitrogen and oxygen atoms in total. The van der Waals surface area contributed by atoms with E-state index in [-0.39, 0.29) is 0 Å². The van der Waals surface area contributed by atoms with Crippen molar-refractivity contribution in [2.24, 2.45) is 0 Å². The summed E-state index contributed by atoms with van der Waals surface area (Å²) in [6.45, 7) is 4.44. The molecule has 0 aliphatic rings. The fraction of sp³-hybridized carbons (Fsp3) is 0.0465. The van der Waals surface area contributed by atoms with Gasteiger partial charge in [0.1, 0.15) is 0 Å². The van der Waals surface area contributed by atoms with E-state index in [9.17, 15) is 0 Å². The predicted octanol–water partition coefficient (Wildman–Crippen LogP) is 10.5. The number of fused-ring (bicyclic) bond motifs is 4. The van der Waals surface area contributed by atoms with Gasteiger partial charge in [-0.15, -0.1) is 0 Å². The van der Waals surface area contributed by atoms with Crippen molar-refractivity contribution in [1.82, 2.24) is 24.1 Å². The minimum atomic E-state index is 0.638. The van der Waals surface area contributed by atoms with Gasteiger partial charge < -0.3 is 9.13 Å². The average Bonchev–Trinajstić information content (AvgIpc) is 3.61. The molecule has 0 aliphatic heterocycles. The smallest absolute Gasteiger partial charge is 0.164 e. The number of hydrogen-bond acceptors (Lipinski definition) is 3. The molecular weight excluding hydrogens is 587 g/mol. The van der Waals surface area contributed by atoms with Crippen molar-refractivity contribution < 1.29 is 0 Å². The van der Waals surface area contributed by atoms with Crippen LogP contribution < -0.4 is 0 Å². The summed E-state index contributed by atoms with van der Waals surface area (Å²) in [5.41, 5.74) is 11.1. The Hall–Kier alpha value is -6.33. The molecule has 0 saturated carbocycles. The number of hydrogen-bond donors (Lipinski definition) is 0. The maximum atomic E-state index is 5.01. The molecular formula is C43H31N5. The van der Waals surface area contributed by atoms with Crippen molar-refractivity contribution in [2.75, 3.05) is 0 Å². The molecule has 228 valence electrons. The Morgan fingerprint density at radius 3 is 1.54 bits per heavy atom. The molecule has 0 N–H and O–H groups in total. The summed E-state index contributed by atoms with van der Waals surface area (Å²) < 4.78 is 4.76. The molecule has 0 bridgehead atoms. The van der Waals surface area contributed by atoms with Crippen LogP contribution in [0.5, 0.6) is 0 Å². The molecule has 0 unspecified atom stereocenters. The van der Waals surface area contributed by atoms with Gasteiger partial charge in [0.05, 0.1) is 16.6 Å². The second kappa shape index (κ2) is 11.2. The van der Waals surface area contributed by atoms with E-state index in [4.69, 9.17) is 15.0 Å². The first kappa shape index (κ1) is 27.9. The van der Waals surface area contributed by atoms with Crippen LogP contribution in [0.25, 0.3) is 78.2 Å². The van der Waals surface area contributed by atoms with Crippen LogP contribution in [0.3, 0.4) is 0 Å². The second-order valence-electron chi connectivity index (χ2n) is 12.2. The van der Waals surface area contributed by atoms with Crippen molar-refractivity contribution in [3.8, 4) is 45.5 Å². The maximum absolute atomic E-state index is 5.01. The van der Waals surface area contributed by atoms with Crippen LogP contribution in [-0.2, 0) is 0 Å². The molecule has 5 heteroatoms. The lowest BCUT2D eigenvalue weighted by atomic mass is 10.1. The van der Waals surface area contributed by atoms with Gasteiger partial charge >= 0.3 is 0 Å². The molecule has 3 aromatic heterocycles. The lowest BCUT2D eigenvalue weighted by Gasteiger charge is -2.12. The molecule has 0 atom stereocenters. The highest BCUT2D eigenvalue weighted by Crippen LogP contribution is 2.38. The van der Waals surface area contributed by atoms with Gasteiger partial charge in [0.25, 0.3) is 0 Å². The first-order valence-corrected chi connectivity index (χ1v) is 16.2. The zero-order valence-corrected chi connectivity index (χ0v) is 26.7. The van der Waals surface area contributed by atoms with E-state index in [2.05, 4.69) is 114 Å². The van der Waals surface area contributed by atoms with Crippen molar-refractivity contribution >= 4 is 32.7 Å². The van der Waals surface area contributed by atoms with Crippen LogP contribution in [0.15, 0.2) is 152 Å². The van der Waals surface area contributed by atoms with Gasteiger partial charge in [-0.1, -0.05) is 109 Å². The largest absolute Gasteiger partial charge is 0.314 e. The van der Waals surface area contributed by atoms with Crippen LogP contribution in [0, 0.1) is 13.8 Å². The average molecular weight is 618 g/mol. The molecule has 9 rings (SSSR count). The van der Waals surface area contributed by atoms with E-state index >= 15 is 0 Å². The number of benzene rings is 6. The molecule has 0 saturated heterocycles. The summed E-state index contributed by atoms with van der Waals surface area (Å²) in [6.07, 6.45) is 0. The fourth-order valence-electron chi connectivity index (χ4n) is 6.94. The molecule has 0 aliphatic carbocycles. The van der Waals surface area contributed by atoms with Gasteiger partial charge in [0.15, 0.2) is 17.5 Å². The Morgan fingerprint density at radius 2 is 0.875 bits per heavy atom. The molecule has 0 fully saturated rings. The predicted molar refractivity (Wildman–Crippen MR) is 197 cm³/mol. The van der Waals surface area contributed by atoms with E-state index in [1.807, 2.05) is 60.7 Å². The van der Waals surface area contributed by atoms with Crippen LogP contribution in [0.2, 0.25) is 0 Å². The zero-order chi connectivity index (χ0) is 32.2. The lowest BCUT2D eigenvalue weighted by molar-refractivity contribution is 1.04. The van der Waals surface area contributed by atoms with Crippen LogP contribution >= 0.6 is 0 Å². The Morgan fingerprint density at radius 1 is 0.375 bits per heavy atom. The summed E-state index contributed by atoms with van der Waals surface area (Å²) in [5, 5.41) is 3.69. The van der Waals surface area contributed by atoms with E-state index in [0.29, 0.717) is 17.5 Å². The van der Waals surface area contributed by atoms with Gasteiger partial charge in [0.2, 0.25) is 0 Å². The first-order valence-electron chi connectivity index (χ1n) is 16.2. The van der Waals surface area contributed by atoms with Gasteiger partial charge in [-0.2, -0.15) is 0 Å². The number of aromatic nitrogens is 5. The molecule has 0 amide bonds. The highest BCUT2D eigenvalue weighted by molar-refractivity contribution is 6.14. The third-order valence-corrected chi connectivity index (χ3v) is 9.39. The quantitative estimate of drug-likeness (QED) is 0.193. The summed E-state index contributed by atoms with van der Waals surface area (Å²) in [7, 11) is 0. The van der Waals surface area contributed by atoms with Crippen LogP contribution in [-0.4, -0.2) is 24.1 Å². The SMILES string of the molecule is Cc1c(C)n(-c2ccccc2)c2cc3c4ccccc4n(-c4cccc(-c5nc(-c6ccccc6)nc(-c6ccccc6)n5)c4)c3cc12. The minimum Gasteiger partial charge on any atom is -0.314 e. The number of aryl methyl sites for hydroxylation is 1.